The number of aromatic nitrogens is 2. The highest BCUT2D eigenvalue weighted by atomic mass is 32.2. The van der Waals surface area contributed by atoms with Crippen molar-refractivity contribution in [2.24, 2.45) is 5.10 Å². The fourth-order valence-electron chi connectivity index (χ4n) is 3.47. The second-order valence-corrected chi connectivity index (χ2v) is 8.79. The van der Waals surface area contributed by atoms with E-state index in [2.05, 4.69) is 15.1 Å². The lowest BCUT2D eigenvalue weighted by atomic mass is 10.0. The van der Waals surface area contributed by atoms with Crippen LogP contribution in [0.4, 0.5) is 4.39 Å². The third-order valence-electron chi connectivity index (χ3n) is 4.93. The first-order valence-electron chi connectivity index (χ1n) is 9.44. The number of hydrazone groups is 1. The third kappa shape index (κ3) is 3.76. The predicted octanol–water partition coefficient (Wildman–Crippen LogP) is 5.23. The molecule has 4 aromatic rings. The maximum absolute atomic E-state index is 13.4. The van der Waals surface area contributed by atoms with Crippen molar-refractivity contribution in [2.45, 2.75) is 17.6 Å². The molecule has 0 bridgehead atoms. The molecule has 0 radical (unpaired) electrons. The Balaban J connectivity index is 1.37. The van der Waals surface area contributed by atoms with E-state index in [1.54, 1.807) is 23.5 Å². The second kappa shape index (κ2) is 8.04. The van der Waals surface area contributed by atoms with Gasteiger partial charge >= 0.3 is 0 Å². The number of nitrogens with one attached hydrogen (secondary N) is 1. The summed E-state index contributed by atoms with van der Waals surface area (Å²) in [5, 5.41) is 8.87. The molecule has 3 heterocycles. The van der Waals surface area contributed by atoms with Gasteiger partial charge in [-0.15, -0.1) is 11.3 Å². The van der Waals surface area contributed by atoms with E-state index in [4.69, 9.17) is 0 Å². The number of thioether (sulfide) groups is 1. The average molecular weight is 437 g/mol. The van der Waals surface area contributed by atoms with Crippen LogP contribution in [0.5, 0.6) is 0 Å². The molecule has 1 aliphatic heterocycles. The number of imidazole rings is 1. The van der Waals surface area contributed by atoms with Crippen molar-refractivity contribution < 1.29 is 9.18 Å². The molecular weight excluding hydrogens is 419 g/mol. The van der Waals surface area contributed by atoms with Crippen molar-refractivity contribution >= 4 is 45.8 Å². The van der Waals surface area contributed by atoms with Gasteiger partial charge in [0.05, 0.1) is 33.4 Å². The molecule has 5 rings (SSSR count). The summed E-state index contributed by atoms with van der Waals surface area (Å²) in [7, 11) is 0. The normalized spacial score (nSPS) is 16.2. The summed E-state index contributed by atoms with van der Waals surface area (Å²) in [6, 6.07) is 17.8. The van der Waals surface area contributed by atoms with Gasteiger partial charge in [-0.05, 0) is 41.3 Å². The first-order chi connectivity index (χ1) is 14.7. The van der Waals surface area contributed by atoms with E-state index >= 15 is 0 Å². The number of rotatable bonds is 5. The van der Waals surface area contributed by atoms with Crippen LogP contribution in [-0.4, -0.2) is 32.3 Å². The van der Waals surface area contributed by atoms with Crippen LogP contribution in [0.15, 0.2) is 76.3 Å². The minimum Gasteiger partial charge on any atom is -0.333 e. The van der Waals surface area contributed by atoms with Crippen molar-refractivity contribution in [1.29, 1.82) is 0 Å². The first-order valence-corrected chi connectivity index (χ1v) is 11.3. The molecular formula is C22H17FN4OS2. The molecule has 8 heteroatoms. The summed E-state index contributed by atoms with van der Waals surface area (Å²) in [4.78, 5) is 21.9. The summed E-state index contributed by atoms with van der Waals surface area (Å²) >= 11 is 2.95. The van der Waals surface area contributed by atoms with E-state index in [1.165, 1.54) is 28.9 Å². The van der Waals surface area contributed by atoms with Crippen LogP contribution in [0.2, 0.25) is 0 Å². The Labute approximate surface area is 180 Å². The van der Waals surface area contributed by atoms with Gasteiger partial charge in [0, 0.05) is 6.42 Å². The summed E-state index contributed by atoms with van der Waals surface area (Å²) in [6.45, 7) is 0. The monoisotopic (exact) mass is 436 g/mol. The van der Waals surface area contributed by atoms with E-state index in [0.29, 0.717) is 11.6 Å². The molecule has 0 spiro atoms. The van der Waals surface area contributed by atoms with E-state index in [-0.39, 0.29) is 23.5 Å². The molecule has 0 aliphatic carbocycles. The predicted molar refractivity (Wildman–Crippen MR) is 118 cm³/mol. The summed E-state index contributed by atoms with van der Waals surface area (Å²) in [5.74, 6) is -0.200. The Morgan fingerprint density at radius 1 is 1.17 bits per heavy atom. The van der Waals surface area contributed by atoms with E-state index in [0.717, 1.165) is 27.2 Å². The quantitative estimate of drug-likeness (QED) is 0.436. The topological polar surface area (TPSA) is 61.4 Å². The molecule has 0 saturated heterocycles. The van der Waals surface area contributed by atoms with Gasteiger partial charge in [0.2, 0.25) is 0 Å². The highest BCUT2D eigenvalue weighted by Crippen LogP contribution is 2.34. The van der Waals surface area contributed by atoms with Crippen LogP contribution in [-0.2, 0) is 4.79 Å². The number of carbonyl (C=O) groups is 1. The largest absolute Gasteiger partial charge is 0.333 e. The van der Waals surface area contributed by atoms with E-state index in [1.807, 2.05) is 41.8 Å². The molecule has 0 fully saturated rings. The fraction of sp³-hybridized carbons (Fsp3) is 0.136. The summed E-state index contributed by atoms with van der Waals surface area (Å²) in [6.07, 6.45) is 0.604. The second-order valence-electron chi connectivity index (χ2n) is 6.88. The molecule has 1 aliphatic rings. The molecule has 2 aromatic carbocycles. The maximum Gasteiger partial charge on any atom is 0.253 e. The number of nitrogens with zero attached hydrogens (tertiary/aromatic N) is 3. The zero-order valence-electron chi connectivity index (χ0n) is 15.8. The van der Waals surface area contributed by atoms with Crippen molar-refractivity contribution in [3.05, 3.63) is 82.3 Å². The van der Waals surface area contributed by atoms with Crippen molar-refractivity contribution in [3.63, 3.8) is 0 Å². The van der Waals surface area contributed by atoms with Gasteiger partial charge in [0.25, 0.3) is 5.91 Å². The molecule has 1 N–H and O–H groups in total. The Morgan fingerprint density at radius 3 is 2.77 bits per heavy atom. The van der Waals surface area contributed by atoms with Crippen molar-refractivity contribution in [3.8, 4) is 0 Å². The maximum atomic E-state index is 13.4. The lowest BCUT2D eigenvalue weighted by molar-refractivity contribution is -0.130. The number of thiophene rings is 1. The standard InChI is InChI=1S/C22H17FN4OS2/c23-15-9-7-14(8-10-15)19-12-18(20-6-3-11-29-20)26-27(19)21(28)13-30-22-24-16-4-1-2-5-17(16)25-22/h1-11,19H,12-13H2,(H,24,25). The molecule has 2 aromatic heterocycles. The lowest BCUT2D eigenvalue weighted by Gasteiger charge is -2.21. The van der Waals surface area contributed by atoms with Crippen LogP contribution in [0.1, 0.15) is 22.9 Å². The molecule has 30 heavy (non-hydrogen) atoms. The Kier molecular flexibility index (Phi) is 5.10. The highest BCUT2D eigenvalue weighted by molar-refractivity contribution is 7.99. The number of halogens is 1. The van der Waals surface area contributed by atoms with Gasteiger partial charge in [-0.1, -0.05) is 42.1 Å². The number of hydrogen-bond acceptors (Lipinski definition) is 5. The van der Waals surface area contributed by atoms with E-state index < -0.39 is 0 Å². The first kappa shape index (κ1) is 19.0. The SMILES string of the molecule is O=C(CSc1nc2ccccc2[nH]1)N1N=C(c2cccs2)CC1c1ccc(F)cc1. The fourth-order valence-corrected chi connectivity index (χ4v) is 4.93. The van der Waals surface area contributed by atoms with E-state index in [9.17, 15) is 9.18 Å². The summed E-state index contributed by atoms with van der Waals surface area (Å²) in [5.41, 5.74) is 3.56. The molecule has 5 nitrogen and oxygen atoms in total. The van der Waals surface area contributed by atoms with Crippen LogP contribution < -0.4 is 0 Å². The number of para-hydroxylation sites is 2. The highest BCUT2D eigenvalue weighted by Gasteiger charge is 2.33. The number of aromatic amines is 1. The zero-order valence-corrected chi connectivity index (χ0v) is 17.4. The van der Waals surface area contributed by atoms with Crippen LogP contribution in [0, 0.1) is 5.82 Å². The third-order valence-corrected chi connectivity index (χ3v) is 6.70. The van der Waals surface area contributed by atoms with Crippen LogP contribution >= 0.6 is 23.1 Å². The molecule has 1 atom stereocenters. The Bertz CT molecular complexity index is 1180. The van der Waals surface area contributed by atoms with Gasteiger partial charge in [-0.2, -0.15) is 5.10 Å². The van der Waals surface area contributed by atoms with Gasteiger partial charge in [-0.3, -0.25) is 4.79 Å². The smallest absolute Gasteiger partial charge is 0.253 e. The molecule has 150 valence electrons. The Morgan fingerprint density at radius 2 is 2.00 bits per heavy atom. The minimum absolute atomic E-state index is 0.110. The van der Waals surface area contributed by atoms with Crippen molar-refractivity contribution in [2.75, 3.05) is 5.75 Å². The molecule has 1 unspecified atom stereocenters. The molecule has 1 amide bonds. The van der Waals surface area contributed by atoms with Crippen LogP contribution in [0.3, 0.4) is 0 Å². The number of amides is 1. The van der Waals surface area contributed by atoms with Crippen molar-refractivity contribution in [1.82, 2.24) is 15.0 Å². The van der Waals surface area contributed by atoms with Gasteiger partial charge in [0.1, 0.15) is 5.82 Å². The molecule has 0 saturated carbocycles. The van der Waals surface area contributed by atoms with Gasteiger partial charge < -0.3 is 4.98 Å². The van der Waals surface area contributed by atoms with Crippen LogP contribution in [0.25, 0.3) is 11.0 Å². The average Bonchev–Trinajstić information content (AvgIpc) is 3.51. The minimum atomic E-state index is -0.297. The van der Waals surface area contributed by atoms with Gasteiger partial charge in [0.15, 0.2) is 5.16 Å². The number of benzene rings is 2. The zero-order chi connectivity index (χ0) is 20.5. The number of hydrogen-bond donors (Lipinski definition) is 1. The Hall–Kier alpha value is -2.97. The van der Waals surface area contributed by atoms with Gasteiger partial charge in [-0.25, -0.2) is 14.4 Å². The number of carbonyl (C=O) groups excluding carboxylic acids is 1. The number of fused-ring (bicyclic) bond motifs is 1. The number of H-pyrrole nitrogens is 1. The lowest BCUT2D eigenvalue weighted by Crippen LogP contribution is -2.28. The summed E-state index contributed by atoms with van der Waals surface area (Å²) < 4.78 is 13.4.